The van der Waals surface area contributed by atoms with Gasteiger partial charge in [0.15, 0.2) is 0 Å². The summed E-state index contributed by atoms with van der Waals surface area (Å²) >= 11 is 0. The number of aliphatic hydroxyl groups is 1. The van der Waals surface area contributed by atoms with E-state index in [0.29, 0.717) is 0 Å². The van der Waals surface area contributed by atoms with Gasteiger partial charge in [-0.2, -0.15) is 0 Å². The third kappa shape index (κ3) is 3.89. The van der Waals surface area contributed by atoms with Crippen molar-refractivity contribution in [1.29, 1.82) is 0 Å². The summed E-state index contributed by atoms with van der Waals surface area (Å²) in [5, 5.41) is 13.0. The Morgan fingerprint density at radius 1 is 1.24 bits per heavy atom. The van der Waals surface area contributed by atoms with Gasteiger partial charge in [0.2, 0.25) is 0 Å². The number of nitrogens with zero attached hydrogens (tertiary/aromatic N) is 2. The second-order valence-corrected chi connectivity index (χ2v) is 6.25. The molecule has 0 fully saturated rings. The maximum Gasteiger partial charge on any atom is 0.0610 e. The van der Waals surface area contributed by atoms with Crippen molar-refractivity contribution in [3.63, 3.8) is 0 Å². The van der Waals surface area contributed by atoms with E-state index in [4.69, 9.17) is 0 Å². The van der Waals surface area contributed by atoms with E-state index >= 15 is 0 Å². The molecule has 2 rings (SSSR count). The van der Waals surface area contributed by atoms with Gasteiger partial charge in [-0.15, -0.1) is 0 Å². The van der Waals surface area contributed by atoms with Crippen molar-refractivity contribution < 1.29 is 5.11 Å². The molecule has 0 radical (unpaired) electrons. The van der Waals surface area contributed by atoms with Crippen LogP contribution in [0.25, 0.3) is 0 Å². The molecule has 1 aromatic rings. The van der Waals surface area contributed by atoms with E-state index in [-0.39, 0.29) is 12.1 Å². The van der Waals surface area contributed by atoms with Gasteiger partial charge >= 0.3 is 0 Å². The first-order valence-corrected chi connectivity index (χ1v) is 8.00. The molecule has 0 bridgehead atoms. The molecule has 118 valence electrons. The lowest BCUT2D eigenvalue weighted by atomic mass is 9.96. The van der Waals surface area contributed by atoms with Crippen LogP contribution in [0.3, 0.4) is 0 Å². The summed E-state index contributed by atoms with van der Waals surface area (Å²) in [6, 6.07) is 8.62. The van der Waals surface area contributed by atoms with Gasteiger partial charge in [0.25, 0.3) is 0 Å². The monoisotopic (exact) mass is 291 g/mol. The Balaban J connectivity index is 1.94. The number of benzene rings is 1. The highest BCUT2D eigenvalue weighted by Crippen LogP contribution is 2.31. The Kier molecular flexibility index (Phi) is 5.48. The Bertz CT molecular complexity index is 451. The molecule has 1 aliphatic heterocycles. The fourth-order valence-electron chi connectivity index (χ4n) is 3.11. The maximum atomic E-state index is 9.56. The molecule has 1 unspecified atom stereocenters. The highest BCUT2D eigenvalue weighted by Gasteiger charge is 2.23. The van der Waals surface area contributed by atoms with Crippen LogP contribution in [0.1, 0.15) is 26.7 Å². The molecular formula is C17H29N3O. The zero-order valence-electron chi connectivity index (χ0n) is 13.6. The molecule has 1 atom stereocenters. The number of anilines is 2. The lowest BCUT2D eigenvalue weighted by Gasteiger charge is -2.38. The quantitative estimate of drug-likeness (QED) is 0.807. The van der Waals surface area contributed by atoms with Crippen molar-refractivity contribution in [2.24, 2.45) is 0 Å². The third-order valence-electron chi connectivity index (χ3n) is 4.45. The second-order valence-electron chi connectivity index (χ2n) is 6.25. The third-order valence-corrected chi connectivity index (χ3v) is 4.45. The molecule has 0 saturated carbocycles. The number of likely N-dealkylation sites (N-methyl/N-ethyl adjacent to an activating group) is 2. The predicted octanol–water partition coefficient (Wildman–Crippen LogP) is 2.08. The first-order chi connectivity index (χ1) is 10.1. The summed E-state index contributed by atoms with van der Waals surface area (Å²) in [4.78, 5) is 4.79. The Labute approximate surface area is 128 Å². The lowest BCUT2D eigenvalue weighted by Crippen LogP contribution is -2.46. The average molecular weight is 291 g/mol. The predicted molar refractivity (Wildman–Crippen MR) is 90.3 cm³/mol. The number of aliphatic hydroxyl groups excluding tert-OH is 1. The molecule has 1 heterocycles. The normalized spacial score (nSPS) is 17.5. The number of hydrogen-bond donors (Lipinski definition) is 2. The topological polar surface area (TPSA) is 38.7 Å². The van der Waals surface area contributed by atoms with Crippen LogP contribution in [0.4, 0.5) is 11.4 Å². The largest absolute Gasteiger partial charge is 0.394 e. The standard InChI is InChI=1S/C17H29N3O/c1-4-18-17(2,14-21)10-7-11-20-13-12-19(3)15-8-5-6-9-16(15)20/h5-6,8-9,18,21H,4,7,10-14H2,1-3H3. The van der Waals surface area contributed by atoms with Crippen LogP contribution in [0.5, 0.6) is 0 Å². The van der Waals surface area contributed by atoms with Gasteiger partial charge in [-0.25, -0.2) is 0 Å². The van der Waals surface area contributed by atoms with E-state index in [9.17, 15) is 5.11 Å². The first kappa shape index (κ1) is 16.1. The van der Waals surface area contributed by atoms with E-state index in [1.165, 1.54) is 11.4 Å². The van der Waals surface area contributed by atoms with Crippen molar-refractivity contribution in [3.05, 3.63) is 24.3 Å². The Hall–Kier alpha value is -1.26. The minimum Gasteiger partial charge on any atom is -0.394 e. The SMILES string of the molecule is CCNC(C)(CO)CCCN1CCN(C)c2ccccc21. The van der Waals surface area contributed by atoms with Crippen molar-refractivity contribution in [1.82, 2.24) is 5.32 Å². The molecule has 1 aliphatic rings. The highest BCUT2D eigenvalue weighted by atomic mass is 16.3. The van der Waals surface area contributed by atoms with Crippen LogP contribution in [-0.2, 0) is 0 Å². The van der Waals surface area contributed by atoms with Crippen LogP contribution in [-0.4, -0.2) is 50.5 Å². The lowest BCUT2D eigenvalue weighted by molar-refractivity contribution is 0.166. The fourth-order valence-corrected chi connectivity index (χ4v) is 3.11. The summed E-state index contributed by atoms with van der Waals surface area (Å²) in [5.74, 6) is 0. The molecular weight excluding hydrogens is 262 g/mol. The molecule has 1 aromatic carbocycles. The van der Waals surface area contributed by atoms with Gasteiger partial charge in [0.1, 0.15) is 0 Å². The molecule has 4 nitrogen and oxygen atoms in total. The summed E-state index contributed by atoms with van der Waals surface area (Å²) in [6.07, 6.45) is 2.08. The van der Waals surface area contributed by atoms with Crippen LogP contribution >= 0.6 is 0 Å². The molecule has 0 aliphatic carbocycles. The summed E-state index contributed by atoms with van der Waals surface area (Å²) in [7, 11) is 2.16. The van der Waals surface area contributed by atoms with E-state index in [1.54, 1.807) is 0 Å². The summed E-state index contributed by atoms with van der Waals surface area (Å²) < 4.78 is 0. The van der Waals surface area contributed by atoms with Crippen LogP contribution in [0.2, 0.25) is 0 Å². The number of rotatable bonds is 7. The van der Waals surface area contributed by atoms with Crippen LogP contribution in [0.15, 0.2) is 24.3 Å². The zero-order chi connectivity index (χ0) is 15.3. The molecule has 4 heteroatoms. The Morgan fingerprint density at radius 3 is 2.62 bits per heavy atom. The van der Waals surface area contributed by atoms with Crippen molar-refractivity contribution in [2.75, 3.05) is 49.6 Å². The van der Waals surface area contributed by atoms with Crippen molar-refractivity contribution in [2.45, 2.75) is 32.2 Å². The number of fused-ring (bicyclic) bond motifs is 1. The fraction of sp³-hybridized carbons (Fsp3) is 0.647. The number of para-hydroxylation sites is 2. The number of hydrogen-bond acceptors (Lipinski definition) is 4. The van der Waals surface area contributed by atoms with E-state index < -0.39 is 0 Å². The number of nitrogens with one attached hydrogen (secondary N) is 1. The van der Waals surface area contributed by atoms with Crippen LogP contribution in [0, 0.1) is 0 Å². The molecule has 2 N–H and O–H groups in total. The zero-order valence-corrected chi connectivity index (χ0v) is 13.6. The van der Waals surface area contributed by atoms with Crippen LogP contribution < -0.4 is 15.1 Å². The van der Waals surface area contributed by atoms with Gasteiger partial charge in [0.05, 0.1) is 18.0 Å². The van der Waals surface area contributed by atoms with Gasteiger partial charge < -0.3 is 20.2 Å². The molecule has 21 heavy (non-hydrogen) atoms. The summed E-state index contributed by atoms with van der Waals surface area (Å²) in [5.41, 5.74) is 2.50. The van der Waals surface area contributed by atoms with Crippen molar-refractivity contribution in [3.8, 4) is 0 Å². The molecule has 0 aromatic heterocycles. The molecule has 0 amide bonds. The van der Waals surface area contributed by atoms with Gasteiger partial charge in [0, 0.05) is 32.2 Å². The smallest absolute Gasteiger partial charge is 0.0610 e. The first-order valence-electron chi connectivity index (χ1n) is 8.00. The molecule has 0 saturated heterocycles. The average Bonchev–Trinajstić information content (AvgIpc) is 2.50. The van der Waals surface area contributed by atoms with Gasteiger partial charge in [-0.05, 0) is 38.4 Å². The highest BCUT2D eigenvalue weighted by molar-refractivity contribution is 5.72. The van der Waals surface area contributed by atoms with Crippen molar-refractivity contribution >= 4 is 11.4 Å². The Morgan fingerprint density at radius 2 is 1.95 bits per heavy atom. The second kappa shape index (κ2) is 7.14. The minimum absolute atomic E-state index is 0.152. The van der Waals surface area contributed by atoms with E-state index in [1.807, 2.05) is 0 Å². The van der Waals surface area contributed by atoms with Gasteiger partial charge in [-0.3, -0.25) is 0 Å². The maximum absolute atomic E-state index is 9.56. The summed E-state index contributed by atoms with van der Waals surface area (Å²) in [6.45, 7) is 8.48. The van der Waals surface area contributed by atoms with E-state index in [2.05, 4.69) is 60.3 Å². The minimum atomic E-state index is -0.152. The molecule has 0 spiro atoms. The van der Waals surface area contributed by atoms with E-state index in [0.717, 1.165) is 39.0 Å². The van der Waals surface area contributed by atoms with Gasteiger partial charge in [-0.1, -0.05) is 19.1 Å².